The van der Waals surface area contributed by atoms with E-state index < -0.39 is 0 Å². The minimum absolute atomic E-state index is 0.426. The van der Waals surface area contributed by atoms with Crippen molar-refractivity contribution >= 4 is 0 Å². The Morgan fingerprint density at radius 1 is 0.850 bits per heavy atom. The van der Waals surface area contributed by atoms with Gasteiger partial charge in [0.1, 0.15) is 0 Å². The molecule has 0 radical (unpaired) electrons. The first kappa shape index (κ1) is 13.4. The van der Waals surface area contributed by atoms with Crippen LogP contribution in [0.15, 0.2) is 54.6 Å². The Hall–Kier alpha value is -1.60. The van der Waals surface area contributed by atoms with Crippen molar-refractivity contribution in [3.63, 3.8) is 0 Å². The normalized spacial score (nSPS) is 17.7. The zero-order chi connectivity index (χ0) is 13.9. The molecule has 2 aromatic carbocycles. The minimum Gasteiger partial charge on any atom is -0.307 e. The number of hydrogen-bond acceptors (Lipinski definition) is 1. The highest BCUT2D eigenvalue weighted by Gasteiger charge is 2.28. The number of nitrogens with one attached hydrogen (secondary N) is 1. The van der Waals surface area contributed by atoms with Crippen LogP contribution >= 0.6 is 0 Å². The number of rotatable bonds is 5. The van der Waals surface area contributed by atoms with Gasteiger partial charge < -0.3 is 5.32 Å². The Labute approximate surface area is 122 Å². The SMILES string of the molecule is CC(NC(C)C1CC1)c1ccc(-c2ccccc2)cc1. The molecule has 0 spiro atoms. The summed E-state index contributed by atoms with van der Waals surface area (Å²) in [5.74, 6) is 0.904. The summed E-state index contributed by atoms with van der Waals surface area (Å²) in [6.07, 6.45) is 2.79. The van der Waals surface area contributed by atoms with Crippen molar-refractivity contribution < 1.29 is 0 Å². The fourth-order valence-corrected chi connectivity index (χ4v) is 2.82. The summed E-state index contributed by atoms with van der Waals surface area (Å²) in [4.78, 5) is 0. The maximum absolute atomic E-state index is 3.72. The van der Waals surface area contributed by atoms with E-state index in [0.29, 0.717) is 12.1 Å². The Morgan fingerprint density at radius 3 is 2.05 bits per heavy atom. The van der Waals surface area contributed by atoms with E-state index in [-0.39, 0.29) is 0 Å². The van der Waals surface area contributed by atoms with Gasteiger partial charge in [0.15, 0.2) is 0 Å². The van der Waals surface area contributed by atoms with Crippen LogP contribution in [-0.2, 0) is 0 Å². The number of hydrogen-bond donors (Lipinski definition) is 1. The summed E-state index contributed by atoms with van der Waals surface area (Å²) in [5.41, 5.74) is 3.94. The van der Waals surface area contributed by atoms with Gasteiger partial charge >= 0.3 is 0 Å². The molecule has 0 bridgehead atoms. The molecular weight excluding hydrogens is 242 g/mol. The highest BCUT2D eigenvalue weighted by atomic mass is 15.0. The van der Waals surface area contributed by atoms with E-state index >= 15 is 0 Å². The molecule has 1 fully saturated rings. The van der Waals surface area contributed by atoms with E-state index in [1.165, 1.54) is 29.5 Å². The first-order valence-electron chi connectivity index (χ1n) is 7.65. The third-order valence-electron chi connectivity index (χ3n) is 4.36. The topological polar surface area (TPSA) is 12.0 Å². The summed E-state index contributed by atoms with van der Waals surface area (Å²) in [6.45, 7) is 4.57. The molecule has 1 nitrogen and oxygen atoms in total. The lowest BCUT2D eigenvalue weighted by Crippen LogP contribution is -2.30. The molecule has 0 heterocycles. The average Bonchev–Trinajstić information content (AvgIpc) is 3.33. The third-order valence-corrected chi connectivity index (χ3v) is 4.36. The minimum atomic E-state index is 0.426. The molecular formula is C19H23N. The highest BCUT2D eigenvalue weighted by Crippen LogP contribution is 2.33. The standard InChI is InChI=1S/C19H23N/c1-14(16-8-9-16)20-15(2)17-10-12-19(13-11-17)18-6-4-3-5-7-18/h3-7,10-16,20H,8-9H2,1-2H3. The summed E-state index contributed by atoms with van der Waals surface area (Å²) >= 11 is 0. The van der Waals surface area contributed by atoms with Gasteiger partial charge in [-0.1, -0.05) is 54.6 Å². The molecule has 1 aliphatic rings. The zero-order valence-corrected chi connectivity index (χ0v) is 12.3. The van der Waals surface area contributed by atoms with Crippen LogP contribution in [0, 0.1) is 5.92 Å². The second-order valence-corrected chi connectivity index (χ2v) is 6.00. The first-order chi connectivity index (χ1) is 9.74. The first-order valence-corrected chi connectivity index (χ1v) is 7.65. The summed E-state index contributed by atoms with van der Waals surface area (Å²) < 4.78 is 0. The van der Waals surface area contributed by atoms with Crippen molar-refractivity contribution in [3.8, 4) is 11.1 Å². The second kappa shape index (κ2) is 5.80. The van der Waals surface area contributed by atoms with Gasteiger partial charge in [0, 0.05) is 12.1 Å². The van der Waals surface area contributed by atoms with E-state index in [2.05, 4.69) is 73.8 Å². The lowest BCUT2D eigenvalue weighted by Gasteiger charge is -2.20. The summed E-state index contributed by atoms with van der Waals surface area (Å²) in [5, 5.41) is 3.72. The van der Waals surface area contributed by atoms with Crippen molar-refractivity contribution in [2.24, 2.45) is 5.92 Å². The molecule has 2 aromatic rings. The van der Waals surface area contributed by atoms with Gasteiger partial charge in [-0.3, -0.25) is 0 Å². The molecule has 0 amide bonds. The average molecular weight is 265 g/mol. The smallest absolute Gasteiger partial charge is 0.0294 e. The predicted octanol–water partition coefficient (Wildman–Crippen LogP) is 4.80. The molecule has 1 aliphatic carbocycles. The van der Waals surface area contributed by atoms with Crippen LogP contribution in [0.1, 0.15) is 38.3 Å². The van der Waals surface area contributed by atoms with E-state index in [9.17, 15) is 0 Å². The second-order valence-electron chi connectivity index (χ2n) is 6.00. The van der Waals surface area contributed by atoms with Crippen LogP contribution in [0.3, 0.4) is 0 Å². The maximum Gasteiger partial charge on any atom is 0.0294 e. The van der Waals surface area contributed by atoms with E-state index in [4.69, 9.17) is 0 Å². The molecule has 20 heavy (non-hydrogen) atoms. The van der Waals surface area contributed by atoms with Crippen LogP contribution in [0.2, 0.25) is 0 Å². The summed E-state index contributed by atoms with van der Waals surface area (Å²) in [6, 6.07) is 20.6. The maximum atomic E-state index is 3.72. The molecule has 1 N–H and O–H groups in total. The van der Waals surface area contributed by atoms with Crippen LogP contribution in [0.25, 0.3) is 11.1 Å². The van der Waals surface area contributed by atoms with E-state index in [1.54, 1.807) is 0 Å². The fourth-order valence-electron chi connectivity index (χ4n) is 2.82. The lowest BCUT2D eigenvalue weighted by atomic mass is 10.0. The fraction of sp³-hybridized carbons (Fsp3) is 0.368. The van der Waals surface area contributed by atoms with Gasteiger partial charge in [0.25, 0.3) is 0 Å². The van der Waals surface area contributed by atoms with Crippen molar-refractivity contribution in [3.05, 3.63) is 60.2 Å². The van der Waals surface area contributed by atoms with Crippen LogP contribution in [0.5, 0.6) is 0 Å². The van der Waals surface area contributed by atoms with Crippen molar-refractivity contribution in [2.75, 3.05) is 0 Å². The predicted molar refractivity (Wildman–Crippen MR) is 85.6 cm³/mol. The highest BCUT2D eigenvalue weighted by molar-refractivity contribution is 5.63. The summed E-state index contributed by atoms with van der Waals surface area (Å²) in [7, 11) is 0. The van der Waals surface area contributed by atoms with Gasteiger partial charge in [0.05, 0.1) is 0 Å². The van der Waals surface area contributed by atoms with Gasteiger partial charge in [-0.25, -0.2) is 0 Å². The van der Waals surface area contributed by atoms with Gasteiger partial charge in [-0.2, -0.15) is 0 Å². The van der Waals surface area contributed by atoms with Crippen molar-refractivity contribution in [1.82, 2.24) is 5.32 Å². The molecule has 2 unspecified atom stereocenters. The van der Waals surface area contributed by atoms with Crippen molar-refractivity contribution in [2.45, 2.75) is 38.8 Å². The Balaban J connectivity index is 1.69. The van der Waals surface area contributed by atoms with Crippen molar-refractivity contribution in [1.29, 1.82) is 0 Å². The molecule has 104 valence electrons. The van der Waals surface area contributed by atoms with Crippen LogP contribution in [0.4, 0.5) is 0 Å². The Kier molecular flexibility index (Phi) is 3.88. The lowest BCUT2D eigenvalue weighted by molar-refractivity contribution is 0.441. The molecule has 3 rings (SSSR count). The van der Waals surface area contributed by atoms with Gasteiger partial charge in [-0.15, -0.1) is 0 Å². The third kappa shape index (κ3) is 3.10. The van der Waals surface area contributed by atoms with Gasteiger partial charge in [0.2, 0.25) is 0 Å². The van der Waals surface area contributed by atoms with Gasteiger partial charge in [-0.05, 0) is 49.3 Å². The molecule has 2 atom stereocenters. The molecule has 1 saturated carbocycles. The quantitative estimate of drug-likeness (QED) is 0.818. The van der Waals surface area contributed by atoms with Crippen LogP contribution < -0.4 is 5.32 Å². The van der Waals surface area contributed by atoms with E-state index in [0.717, 1.165) is 5.92 Å². The Bertz CT molecular complexity index is 540. The molecule has 0 aromatic heterocycles. The Morgan fingerprint density at radius 2 is 1.45 bits per heavy atom. The zero-order valence-electron chi connectivity index (χ0n) is 12.3. The monoisotopic (exact) mass is 265 g/mol. The van der Waals surface area contributed by atoms with Crippen LogP contribution in [-0.4, -0.2) is 6.04 Å². The molecule has 1 heteroatoms. The largest absolute Gasteiger partial charge is 0.307 e. The van der Waals surface area contributed by atoms with E-state index in [1.807, 2.05) is 0 Å². The molecule has 0 aliphatic heterocycles. The molecule has 0 saturated heterocycles. The number of benzene rings is 2.